The molecule has 0 aliphatic rings. The summed E-state index contributed by atoms with van der Waals surface area (Å²) < 4.78 is 5.99. The summed E-state index contributed by atoms with van der Waals surface area (Å²) in [5, 5.41) is 9.07. The van der Waals surface area contributed by atoms with Gasteiger partial charge in [0.05, 0.1) is 6.04 Å². The molecule has 0 saturated carbocycles. The first kappa shape index (κ1) is 13.4. The van der Waals surface area contributed by atoms with Crippen LogP contribution in [0.3, 0.4) is 0 Å². The quantitative estimate of drug-likeness (QED) is 0.705. The van der Waals surface area contributed by atoms with Gasteiger partial charge in [-0.15, -0.1) is 0 Å². The summed E-state index contributed by atoms with van der Waals surface area (Å²) in [7, 11) is 0. The predicted molar refractivity (Wildman–Crippen MR) is 85.3 cm³/mol. The molecule has 0 fully saturated rings. The second-order valence-corrected chi connectivity index (χ2v) is 5.75. The Balaban J connectivity index is 1.78. The predicted octanol–water partition coefficient (Wildman–Crippen LogP) is 4.78. The van der Waals surface area contributed by atoms with Crippen LogP contribution in [0.15, 0.2) is 51.6 Å². The van der Waals surface area contributed by atoms with Crippen molar-refractivity contribution < 1.29 is 4.42 Å². The van der Waals surface area contributed by atoms with Crippen LogP contribution in [0.25, 0.3) is 11.0 Å². The molecule has 3 aromatic rings. The Kier molecular flexibility index (Phi) is 4.19. The number of thiophene rings is 1. The summed E-state index contributed by atoms with van der Waals surface area (Å²) in [6.45, 7) is 3.09. The summed E-state index contributed by atoms with van der Waals surface area (Å²) in [5.74, 6) is 1.04. The number of para-hydroxylation sites is 1. The van der Waals surface area contributed by atoms with Crippen molar-refractivity contribution in [3.05, 3.63) is 58.5 Å². The fourth-order valence-corrected chi connectivity index (χ4v) is 3.21. The number of hydrogen-bond donors (Lipinski definition) is 1. The van der Waals surface area contributed by atoms with Gasteiger partial charge in [-0.2, -0.15) is 11.3 Å². The van der Waals surface area contributed by atoms with Crippen LogP contribution in [0, 0.1) is 0 Å². The van der Waals surface area contributed by atoms with Gasteiger partial charge in [0, 0.05) is 5.39 Å². The molecular formula is C17H19NOS. The van der Waals surface area contributed by atoms with E-state index < -0.39 is 0 Å². The van der Waals surface area contributed by atoms with E-state index in [9.17, 15) is 0 Å². The molecule has 2 heterocycles. The normalized spacial score (nSPS) is 12.8. The van der Waals surface area contributed by atoms with Crippen LogP contribution in [0.5, 0.6) is 0 Å². The van der Waals surface area contributed by atoms with Crippen LogP contribution in [-0.2, 0) is 6.42 Å². The highest BCUT2D eigenvalue weighted by molar-refractivity contribution is 7.07. The zero-order chi connectivity index (χ0) is 13.8. The molecule has 104 valence electrons. The molecule has 1 unspecified atom stereocenters. The fourth-order valence-electron chi connectivity index (χ4n) is 2.51. The maximum absolute atomic E-state index is 5.99. The molecule has 0 amide bonds. The van der Waals surface area contributed by atoms with E-state index in [1.165, 1.54) is 10.9 Å². The molecule has 0 aliphatic heterocycles. The van der Waals surface area contributed by atoms with E-state index in [1.807, 2.05) is 12.1 Å². The maximum atomic E-state index is 5.99. The minimum atomic E-state index is 0.285. The van der Waals surface area contributed by atoms with Crippen molar-refractivity contribution in [3.8, 4) is 0 Å². The third kappa shape index (κ3) is 2.94. The van der Waals surface area contributed by atoms with Crippen molar-refractivity contribution >= 4 is 22.3 Å². The summed E-state index contributed by atoms with van der Waals surface area (Å²) in [4.78, 5) is 0. The zero-order valence-electron chi connectivity index (χ0n) is 11.6. The smallest absolute Gasteiger partial charge is 0.134 e. The van der Waals surface area contributed by atoms with Gasteiger partial charge in [-0.3, -0.25) is 0 Å². The standard InChI is InChI=1S/C17H19NOS/c1-2-18-15(8-7-13-9-10-20-12-13)17-11-14-5-3-4-6-16(14)19-17/h3-6,9-12,15,18H,2,7-8H2,1H3. The third-order valence-corrected chi connectivity index (χ3v) is 4.27. The number of furan rings is 1. The first-order valence-electron chi connectivity index (χ1n) is 7.09. The van der Waals surface area contributed by atoms with Crippen LogP contribution in [-0.4, -0.2) is 6.54 Å². The highest BCUT2D eigenvalue weighted by Crippen LogP contribution is 2.26. The lowest BCUT2D eigenvalue weighted by atomic mass is 10.1. The average Bonchev–Trinajstić information content (AvgIpc) is 3.12. The average molecular weight is 285 g/mol. The third-order valence-electron chi connectivity index (χ3n) is 3.54. The van der Waals surface area contributed by atoms with Crippen LogP contribution in [0.2, 0.25) is 0 Å². The minimum Gasteiger partial charge on any atom is -0.459 e. The number of hydrogen-bond acceptors (Lipinski definition) is 3. The SMILES string of the molecule is CCNC(CCc1ccsc1)c1cc2ccccc2o1. The van der Waals surface area contributed by atoms with Crippen molar-refractivity contribution in [2.45, 2.75) is 25.8 Å². The number of fused-ring (bicyclic) bond motifs is 1. The summed E-state index contributed by atoms with van der Waals surface area (Å²) in [6, 6.07) is 12.8. The Bertz CT molecular complexity index is 624. The molecule has 1 atom stereocenters. The van der Waals surface area contributed by atoms with E-state index in [-0.39, 0.29) is 6.04 Å². The topological polar surface area (TPSA) is 25.2 Å². The molecule has 2 nitrogen and oxygen atoms in total. The molecular weight excluding hydrogens is 266 g/mol. The lowest BCUT2D eigenvalue weighted by molar-refractivity contribution is 0.418. The Morgan fingerprint density at radius 1 is 1.25 bits per heavy atom. The number of nitrogens with one attached hydrogen (secondary N) is 1. The van der Waals surface area contributed by atoms with E-state index in [1.54, 1.807) is 11.3 Å². The van der Waals surface area contributed by atoms with Gasteiger partial charge in [0.2, 0.25) is 0 Å². The molecule has 0 radical (unpaired) electrons. The van der Waals surface area contributed by atoms with Crippen LogP contribution in [0.4, 0.5) is 0 Å². The highest BCUT2D eigenvalue weighted by Gasteiger charge is 2.15. The molecule has 0 saturated heterocycles. The minimum absolute atomic E-state index is 0.285. The number of rotatable bonds is 6. The second kappa shape index (κ2) is 6.25. The molecule has 0 spiro atoms. The molecule has 0 bridgehead atoms. The van der Waals surface area contributed by atoms with Gasteiger partial charge >= 0.3 is 0 Å². The summed E-state index contributed by atoms with van der Waals surface area (Å²) >= 11 is 1.76. The molecule has 1 aromatic carbocycles. The summed E-state index contributed by atoms with van der Waals surface area (Å²) in [5.41, 5.74) is 2.38. The Morgan fingerprint density at radius 2 is 2.15 bits per heavy atom. The van der Waals surface area contributed by atoms with Crippen molar-refractivity contribution in [3.63, 3.8) is 0 Å². The van der Waals surface area contributed by atoms with Gasteiger partial charge in [0.1, 0.15) is 11.3 Å². The van der Waals surface area contributed by atoms with Gasteiger partial charge < -0.3 is 9.73 Å². The van der Waals surface area contributed by atoms with Crippen molar-refractivity contribution in [2.75, 3.05) is 6.54 Å². The van der Waals surface area contributed by atoms with E-state index in [0.717, 1.165) is 30.7 Å². The van der Waals surface area contributed by atoms with Crippen molar-refractivity contribution in [1.82, 2.24) is 5.32 Å². The monoisotopic (exact) mass is 285 g/mol. The summed E-state index contributed by atoms with van der Waals surface area (Å²) in [6.07, 6.45) is 2.14. The van der Waals surface area contributed by atoms with Crippen LogP contribution < -0.4 is 5.32 Å². The van der Waals surface area contributed by atoms with Gasteiger partial charge in [0.15, 0.2) is 0 Å². The van der Waals surface area contributed by atoms with E-state index in [0.29, 0.717) is 0 Å². The Labute approximate surface area is 123 Å². The molecule has 2 aromatic heterocycles. The lowest BCUT2D eigenvalue weighted by Crippen LogP contribution is -2.20. The lowest BCUT2D eigenvalue weighted by Gasteiger charge is -2.14. The highest BCUT2D eigenvalue weighted by atomic mass is 32.1. The molecule has 3 rings (SSSR count). The van der Waals surface area contributed by atoms with E-state index in [2.05, 4.69) is 47.3 Å². The van der Waals surface area contributed by atoms with Gasteiger partial charge in [-0.05, 0) is 53.9 Å². The number of aryl methyl sites for hydroxylation is 1. The second-order valence-electron chi connectivity index (χ2n) is 4.97. The molecule has 1 N–H and O–H groups in total. The Morgan fingerprint density at radius 3 is 2.90 bits per heavy atom. The zero-order valence-corrected chi connectivity index (χ0v) is 12.5. The Hall–Kier alpha value is -1.58. The van der Waals surface area contributed by atoms with Crippen LogP contribution in [0.1, 0.15) is 30.7 Å². The van der Waals surface area contributed by atoms with Crippen molar-refractivity contribution in [1.29, 1.82) is 0 Å². The number of benzene rings is 1. The van der Waals surface area contributed by atoms with Crippen LogP contribution >= 0.6 is 11.3 Å². The molecule has 20 heavy (non-hydrogen) atoms. The van der Waals surface area contributed by atoms with E-state index >= 15 is 0 Å². The van der Waals surface area contributed by atoms with Gasteiger partial charge in [-0.1, -0.05) is 25.1 Å². The van der Waals surface area contributed by atoms with Gasteiger partial charge in [-0.25, -0.2) is 0 Å². The van der Waals surface area contributed by atoms with Crippen molar-refractivity contribution in [2.24, 2.45) is 0 Å². The fraction of sp³-hybridized carbons (Fsp3) is 0.294. The first-order valence-corrected chi connectivity index (χ1v) is 8.04. The van der Waals surface area contributed by atoms with E-state index in [4.69, 9.17) is 4.42 Å². The van der Waals surface area contributed by atoms with Gasteiger partial charge in [0.25, 0.3) is 0 Å². The molecule has 0 aliphatic carbocycles. The maximum Gasteiger partial charge on any atom is 0.134 e. The molecule has 3 heteroatoms. The largest absolute Gasteiger partial charge is 0.459 e. The first-order chi connectivity index (χ1) is 9.86.